The number of nitrogens with one attached hydrogen (secondary N) is 1. The predicted molar refractivity (Wildman–Crippen MR) is 76.0 cm³/mol. The first-order valence-electron chi connectivity index (χ1n) is 7.65. The number of likely N-dealkylation sites (tertiary alicyclic amines) is 1. The fraction of sp³-hybridized carbons (Fsp3) is 0.933. The van der Waals surface area contributed by atoms with Gasteiger partial charge in [0.2, 0.25) is 5.91 Å². The van der Waals surface area contributed by atoms with Crippen molar-refractivity contribution >= 4 is 5.91 Å². The van der Waals surface area contributed by atoms with Crippen molar-refractivity contribution in [2.75, 3.05) is 26.2 Å². The summed E-state index contributed by atoms with van der Waals surface area (Å²) in [6.45, 7) is 10.1. The molecule has 2 aliphatic rings. The van der Waals surface area contributed by atoms with E-state index in [2.05, 4.69) is 31.0 Å². The molecule has 0 aromatic carbocycles. The van der Waals surface area contributed by atoms with E-state index >= 15 is 0 Å². The maximum absolute atomic E-state index is 12.4. The predicted octanol–water partition coefficient (Wildman–Crippen LogP) is 1.79. The Morgan fingerprint density at radius 1 is 1.42 bits per heavy atom. The molecule has 2 saturated heterocycles. The van der Waals surface area contributed by atoms with Crippen LogP contribution >= 0.6 is 0 Å². The summed E-state index contributed by atoms with van der Waals surface area (Å²) in [7, 11) is 0. The van der Waals surface area contributed by atoms with Gasteiger partial charge in [0.15, 0.2) is 0 Å². The minimum atomic E-state index is -0.190. The molecule has 0 radical (unpaired) electrons. The standard InChI is InChI=1S/C15H28N2O2/c1-12(2)17-8-6-15(3,7-9-17)14(18)16-11-13-5-4-10-19-13/h12-13H,4-11H2,1-3H3,(H,16,18). The van der Waals surface area contributed by atoms with Crippen LogP contribution in [-0.4, -0.2) is 49.2 Å². The van der Waals surface area contributed by atoms with Gasteiger partial charge in [0.05, 0.1) is 6.10 Å². The molecule has 0 saturated carbocycles. The van der Waals surface area contributed by atoms with Crippen LogP contribution in [0.1, 0.15) is 46.5 Å². The Labute approximate surface area is 116 Å². The monoisotopic (exact) mass is 268 g/mol. The molecule has 2 rings (SSSR count). The van der Waals surface area contributed by atoms with Crippen LogP contribution in [0.4, 0.5) is 0 Å². The first-order valence-corrected chi connectivity index (χ1v) is 7.65. The molecule has 0 aromatic rings. The first-order chi connectivity index (χ1) is 9.01. The largest absolute Gasteiger partial charge is 0.376 e. The van der Waals surface area contributed by atoms with Gasteiger partial charge in [-0.2, -0.15) is 0 Å². The Balaban J connectivity index is 1.78. The average Bonchev–Trinajstić information content (AvgIpc) is 2.89. The fourth-order valence-corrected chi connectivity index (χ4v) is 2.99. The zero-order valence-corrected chi connectivity index (χ0v) is 12.6. The van der Waals surface area contributed by atoms with Crippen molar-refractivity contribution in [3.63, 3.8) is 0 Å². The second kappa shape index (κ2) is 6.23. The van der Waals surface area contributed by atoms with Crippen LogP contribution in [0.2, 0.25) is 0 Å². The lowest BCUT2D eigenvalue weighted by Gasteiger charge is -2.40. The van der Waals surface area contributed by atoms with Gasteiger partial charge in [0.1, 0.15) is 0 Å². The lowest BCUT2D eigenvalue weighted by molar-refractivity contribution is -0.133. The molecule has 19 heavy (non-hydrogen) atoms. The summed E-state index contributed by atoms with van der Waals surface area (Å²) >= 11 is 0. The number of ether oxygens (including phenoxy) is 1. The van der Waals surface area contributed by atoms with Crippen LogP contribution in [0.15, 0.2) is 0 Å². The highest BCUT2D eigenvalue weighted by Gasteiger charge is 2.37. The SMILES string of the molecule is CC(C)N1CCC(C)(C(=O)NCC2CCCO2)CC1. The summed E-state index contributed by atoms with van der Waals surface area (Å²) < 4.78 is 5.55. The molecule has 2 heterocycles. The molecule has 1 N–H and O–H groups in total. The zero-order valence-electron chi connectivity index (χ0n) is 12.6. The number of hydrogen-bond acceptors (Lipinski definition) is 3. The van der Waals surface area contributed by atoms with E-state index in [-0.39, 0.29) is 17.4 Å². The van der Waals surface area contributed by atoms with Gasteiger partial charge in [0, 0.05) is 24.6 Å². The molecule has 0 aliphatic carbocycles. The summed E-state index contributed by atoms with van der Waals surface area (Å²) in [5.41, 5.74) is -0.190. The first kappa shape index (κ1) is 14.8. The molecular formula is C15H28N2O2. The van der Waals surface area contributed by atoms with E-state index in [9.17, 15) is 4.79 Å². The molecule has 0 spiro atoms. The Morgan fingerprint density at radius 2 is 2.11 bits per heavy atom. The third-order valence-corrected chi connectivity index (χ3v) is 4.69. The van der Waals surface area contributed by atoms with E-state index in [1.807, 2.05) is 0 Å². The second-order valence-corrected chi connectivity index (χ2v) is 6.54. The van der Waals surface area contributed by atoms with Gasteiger partial charge < -0.3 is 15.0 Å². The third kappa shape index (κ3) is 3.69. The van der Waals surface area contributed by atoms with Crippen LogP contribution in [0.25, 0.3) is 0 Å². The van der Waals surface area contributed by atoms with Crippen LogP contribution in [-0.2, 0) is 9.53 Å². The molecule has 2 fully saturated rings. The van der Waals surface area contributed by atoms with Gasteiger partial charge in [-0.1, -0.05) is 6.92 Å². The van der Waals surface area contributed by atoms with E-state index in [1.54, 1.807) is 0 Å². The Morgan fingerprint density at radius 3 is 2.63 bits per heavy atom. The number of carbonyl (C=O) groups excluding carboxylic acids is 1. The van der Waals surface area contributed by atoms with Gasteiger partial charge >= 0.3 is 0 Å². The normalized spacial score (nSPS) is 27.7. The van der Waals surface area contributed by atoms with Crippen molar-refractivity contribution < 1.29 is 9.53 Å². The van der Waals surface area contributed by atoms with Crippen LogP contribution in [0, 0.1) is 5.41 Å². The van der Waals surface area contributed by atoms with Crippen LogP contribution in [0.3, 0.4) is 0 Å². The number of piperidine rings is 1. The van der Waals surface area contributed by atoms with E-state index in [0.717, 1.165) is 45.4 Å². The van der Waals surface area contributed by atoms with Crippen LogP contribution < -0.4 is 5.32 Å². The molecule has 4 nitrogen and oxygen atoms in total. The van der Waals surface area contributed by atoms with Crippen molar-refractivity contribution in [2.45, 2.75) is 58.6 Å². The molecule has 2 aliphatic heterocycles. The maximum Gasteiger partial charge on any atom is 0.226 e. The zero-order chi connectivity index (χ0) is 13.9. The number of nitrogens with zero attached hydrogens (tertiary/aromatic N) is 1. The topological polar surface area (TPSA) is 41.6 Å². The number of hydrogen-bond donors (Lipinski definition) is 1. The van der Waals surface area contributed by atoms with E-state index < -0.39 is 0 Å². The molecule has 1 unspecified atom stereocenters. The summed E-state index contributed by atoms with van der Waals surface area (Å²) in [6.07, 6.45) is 4.37. The molecule has 0 aromatic heterocycles. The highest BCUT2D eigenvalue weighted by atomic mass is 16.5. The van der Waals surface area contributed by atoms with Crippen molar-refractivity contribution in [1.29, 1.82) is 0 Å². The molecule has 110 valence electrons. The minimum absolute atomic E-state index is 0.190. The lowest BCUT2D eigenvalue weighted by atomic mass is 9.79. The highest BCUT2D eigenvalue weighted by molar-refractivity contribution is 5.82. The smallest absolute Gasteiger partial charge is 0.226 e. The fourth-order valence-electron chi connectivity index (χ4n) is 2.99. The summed E-state index contributed by atoms with van der Waals surface area (Å²) in [6, 6.07) is 0.583. The van der Waals surface area contributed by atoms with E-state index in [1.165, 1.54) is 0 Å². The van der Waals surface area contributed by atoms with E-state index in [4.69, 9.17) is 4.74 Å². The summed E-state index contributed by atoms with van der Waals surface area (Å²) in [4.78, 5) is 14.8. The maximum atomic E-state index is 12.4. The Bertz CT molecular complexity index is 303. The molecule has 1 amide bonds. The van der Waals surface area contributed by atoms with Gasteiger partial charge in [-0.15, -0.1) is 0 Å². The van der Waals surface area contributed by atoms with E-state index in [0.29, 0.717) is 12.6 Å². The van der Waals surface area contributed by atoms with Crippen molar-refractivity contribution in [1.82, 2.24) is 10.2 Å². The molecular weight excluding hydrogens is 240 g/mol. The average molecular weight is 268 g/mol. The van der Waals surface area contributed by atoms with Crippen molar-refractivity contribution in [3.05, 3.63) is 0 Å². The van der Waals surface area contributed by atoms with Gasteiger partial charge in [-0.3, -0.25) is 4.79 Å². The number of carbonyl (C=O) groups is 1. The summed E-state index contributed by atoms with van der Waals surface area (Å²) in [5, 5.41) is 3.10. The van der Waals surface area contributed by atoms with Crippen molar-refractivity contribution in [2.24, 2.45) is 5.41 Å². The Hall–Kier alpha value is -0.610. The number of amides is 1. The van der Waals surface area contributed by atoms with Gasteiger partial charge in [-0.25, -0.2) is 0 Å². The molecule has 1 atom stereocenters. The van der Waals surface area contributed by atoms with Gasteiger partial charge in [0.25, 0.3) is 0 Å². The highest BCUT2D eigenvalue weighted by Crippen LogP contribution is 2.31. The lowest BCUT2D eigenvalue weighted by Crippen LogP contribution is -2.49. The van der Waals surface area contributed by atoms with Gasteiger partial charge in [-0.05, 0) is 52.6 Å². The third-order valence-electron chi connectivity index (χ3n) is 4.69. The van der Waals surface area contributed by atoms with Crippen LogP contribution in [0.5, 0.6) is 0 Å². The quantitative estimate of drug-likeness (QED) is 0.845. The summed E-state index contributed by atoms with van der Waals surface area (Å²) in [5.74, 6) is 0.214. The molecule has 4 heteroatoms. The minimum Gasteiger partial charge on any atom is -0.376 e. The number of rotatable bonds is 4. The second-order valence-electron chi connectivity index (χ2n) is 6.54. The molecule has 0 bridgehead atoms. The van der Waals surface area contributed by atoms with Crippen molar-refractivity contribution in [3.8, 4) is 0 Å². The Kier molecular flexibility index (Phi) is 4.85.